The normalized spacial score (nSPS) is 12.5. The SMILES string of the molecule is CCC(NC(=O)COc1ccc(C(C)(C)C)cc1)c1ccc(C)cc1C. The van der Waals surface area contributed by atoms with Gasteiger partial charge in [0, 0.05) is 0 Å². The summed E-state index contributed by atoms with van der Waals surface area (Å²) in [5.74, 6) is 0.615. The second-order valence-corrected chi connectivity index (χ2v) is 7.95. The number of carbonyl (C=O) groups is 1. The van der Waals surface area contributed by atoms with Crippen LogP contribution in [0.2, 0.25) is 0 Å². The average molecular weight is 354 g/mol. The lowest BCUT2D eigenvalue weighted by molar-refractivity contribution is -0.123. The molecule has 0 bridgehead atoms. The maximum Gasteiger partial charge on any atom is 0.258 e. The van der Waals surface area contributed by atoms with E-state index in [4.69, 9.17) is 4.74 Å². The van der Waals surface area contributed by atoms with Crippen LogP contribution in [0.4, 0.5) is 0 Å². The van der Waals surface area contributed by atoms with Gasteiger partial charge in [-0.2, -0.15) is 0 Å². The Hall–Kier alpha value is -2.29. The molecule has 0 radical (unpaired) electrons. The topological polar surface area (TPSA) is 38.3 Å². The van der Waals surface area contributed by atoms with Crippen molar-refractivity contribution in [2.45, 2.75) is 59.4 Å². The minimum absolute atomic E-state index is 0.00923. The molecule has 0 heterocycles. The number of hydrogen-bond donors (Lipinski definition) is 1. The molecule has 1 amide bonds. The average Bonchev–Trinajstić information content (AvgIpc) is 2.58. The lowest BCUT2D eigenvalue weighted by Gasteiger charge is -2.21. The number of carbonyl (C=O) groups excluding carboxylic acids is 1. The Labute approximate surface area is 157 Å². The summed E-state index contributed by atoms with van der Waals surface area (Å²) in [6.07, 6.45) is 0.843. The minimum atomic E-state index is -0.100. The van der Waals surface area contributed by atoms with E-state index in [0.717, 1.165) is 6.42 Å². The molecule has 0 aliphatic rings. The molecular weight excluding hydrogens is 322 g/mol. The van der Waals surface area contributed by atoms with E-state index in [1.165, 1.54) is 22.3 Å². The van der Waals surface area contributed by atoms with Crippen molar-refractivity contribution in [2.24, 2.45) is 0 Å². The van der Waals surface area contributed by atoms with Crippen LogP contribution in [0.3, 0.4) is 0 Å². The Morgan fingerprint density at radius 1 is 1.08 bits per heavy atom. The molecule has 0 fully saturated rings. The highest BCUT2D eigenvalue weighted by molar-refractivity contribution is 5.78. The number of nitrogens with one attached hydrogen (secondary N) is 1. The van der Waals surface area contributed by atoms with Crippen molar-refractivity contribution in [2.75, 3.05) is 6.61 Å². The molecule has 2 aromatic rings. The molecule has 1 atom stereocenters. The summed E-state index contributed by atoms with van der Waals surface area (Å²) < 4.78 is 5.65. The van der Waals surface area contributed by atoms with Crippen LogP contribution in [0.5, 0.6) is 5.75 Å². The summed E-state index contributed by atoms with van der Waals surface area (Å²) in [5, 5.41) is 3.09. The summed E-state index contributed by atoms with van der Waals surface area (Å²) >= 11 is 0. The molecule has 0 aromatic heterocycles. The lowest BCUT2D eigenvalue weighted by atomic mass is 9.87. The number of aryl methyl sites for hydroxylation is 2. The third-order valence-corrected chi connectivity index (χ3v) is 4.63. The first-order valence-electron chi connectivity index (χ1n) is 9.30. The fourth-order valence-electron chi connectivity index (χ4n) is 3.05. The Kier molecular flexibility index (Phi) is 6.47. The van der Waals surface area contributed by atoms with Crippen molar-refractivity contribution < 1.29 is 9.53 Å². The minimum Gasteiger partial charge on any atom is -0.484 e. The van der Waals surface area contributed by atoms with E-state index >= 15 is 0 Å². The zero-order chi connectivity index (χ0) is 19.3. The van der Waals surface area contributed by atoms with Gasteiger partial charge in [0.25, 0.3) is 5.91 Å². The van der Waals surface area contributed by atoms with Crippen LogP contribution >= 0.6 is 0 Å². The summed E-state index contributed by atoms with van der Waals surface area (Å²) in [4.78, 5) is 12.3. The van der Waals surface area contributed by atoms with Crippen molar-refractivity contribution in [1.29, 1.82) is 0 Å². The van der Waals surface area contributed by atoms with Crippen molar-refractivity contribution in [3.8, 4) is 5.75 Å². The molecule has 0 saturated heterocycles. The zero-order valence-electron chi connectivity index (χ0n) is 16.8. The van der Waals surface area contributed by atoms with Gasteiger partial charge in [-0.25, -0.2) is 0 Å². The first-order chi connectivity index (χ1) is 12.2. The molecule has 3 heteroatoms. The highest BCUT2D eigenvalue weighted by Gasteiger charge is 2.16. The second kappa shape index (κ2) is 8.39. The third kappa shape index (κ3) is 5.35. The van der Waals surface area contributed by atoms with Gasteiger partial charge in [-0.3, -0.25) is 4.79 Å². The van der Waals surface area contributed by atoms with Gasteiger partial charge < -0.3 is 10.1 Å². The zero-order valence-corrected chi connectivity index (χ0v) is 16.8. The molecule has 1 unspecified atom stereocenters. The van der Waals surface area contributed by atoms with Crippen molar-refractivity contribution in [3.05, 3.63) is 64.7 Å². The standard InChI is InChI=1S/C23H31NO2/c1-7-21(20-13-8-16(2)14-17(20)3)24-22(25)15-26-19-11-9-18(10-12-19)23(4,5)6/h8-14,21H,7,15H2,1-6H3,(H,24,25). The number of amides is 1. The van der Waals surface area contributed by atoms with Gasteiger partial charge >= 0.3 is 0 Å². The Morgan fingerprint density at radius 3 is 2.27 bits per heavy atom. The number of rotatable bonds is 6. The van der Waals surface area contributed by atoms with Crippen molar-refractivity contribution in [1.82, 2.24) is 5.32 Å². The maximum absolute atomic E-state index is 12.3. The smallest absolute Gasteiger partial charge is 0.258 e. The van der Waals surface area contributed by atoms with Gasteiger partial charge in [-0.05, 0) is 54.5 Å². The monoisotopic (exact) mass is 353 g/mol. The maximum atomic E-state index is 12.3. The van der Waals surface area contributed by atoms with Gasteiger partial charge in [0.1, 0.15) is 5.75 Å². The highest BCUT2D eigenvalue weighted by atomic mass is 16.5. The van der Waals surface area contributed by atoms with Crippen LogP contribution in [0.25, 0.3) is 0 Å². The summed E-state index contributed by atoms with van der Waals surface area (Å²) in [6.45, 7) is 12.8. The molecule has 1 N–H and O–H groups in total. The highest BCUT2D eigenvalue weighted by Crippen LogP contribution is 2.24. The van der Waals surface area contributed by atoms with Crippen LogP contribution in [-0.2, 0) is 10.2 Å². The van der Waals surface area contributed by atoms with Gasteiger partial charge in [-0.1, -0.05) is 63.6 Å². The molecule has 2 aromatic carbocycles. The van der Waals surface area contributed by atoms with Gasteiger partial charge in [0.05, 0.1) is 6.04 Å². The van der Waals surface area contributed by atoms with E-state index in [-0.39, 0.29) is 24.0 Å². The quantitative estimate of drug-likeness (QED) is 0.770. The summed E-state index contributed by atoms with van der Waals surface area (Å²) in [7, 11) is 0. The van der Waals surface area contributed by atoms with E-state index in [1.54, 1.807) is 0 Å². The van der Waals surface area contributed by atoms with E-state index < -0.39 is 0 Å². The summed E-state index contributed by atoms with van der Waals surface area (Å²) in [6, 6.07) is 14.3. The van der Waals surface area contributed by atoms with Crippen LogP contribution in [0.1, 0.15) is 62.4 Å². The Balaban J connectivity index is 1.95. The predicted octanol–water partition coefficient (Wildman–Crippen LogP) is 5.25. The second-order valence-electron chi connectivity index (χ2n) is 7.95. The van der Waals surface area contributed by atoms with E-state index in [2.05, 4.69) is 77.2 Å². The fraction of sp³-hybridized carbons (Fsp3) is 0.435. The molecular formula is C23H31NO2. The molecule has 0 aliphatic heterocycles. The molecule has 2 rings (SSSR count). The number of ether oxygens (including phenoxy) is 1. The van der Waals surface area contributed by atoms with Crippen LogP contribution in [0.15, 0.2) is 42.5 Å². The van der Waals surface area contributed by atoms with Gasteiger partial charge in [0.15, 0.2) is 6.61 Å². The fourth-order valence-corrected chi connectivity index (χ4v) is 3.05. The predicted molar refractivity (Wildman–Crippen MR) is 108 cm³/mol. The van der Waals surface area contributed by atoms with Gasteiger partial charge in [-0.15, -0.1) is 0 Å². The van der Waals surface area contributed by atoms with Crippen LogP contribution < -0.4 is 10.1 Å². The molecule has 0 saturated carbocycles. The molecule has 3 nitrogen and oxygen atoms in total. The Bertz CT molecular complexity index is 742. The van der Waals surface area contributed by atoms with Crippen LogP contribution in [0, 0.1) is 13.8 Å². The van der Waals surface area contributed by atoms with Crippen molar-refractivity contribution >= 4 is 5.91 Å². The molecule has 0 spiro atoms. The third-order valence-electron chi connectivity index (χ3n) is 4.63. The first kappa shape index (κ1) is 20.0. The van der Waals surface area contributed by atoms with E-state index in [1.807, 2.05) is 12.1 Å². The Morgan fingerprint density at radius 2 is 1.73 bits per heavy atom. The van der Waals surface area contributed by atoms with Crippen LogP contribution in [-0.4, -0.2) is 12.5 Å². The van der Waals surface area contributed by atoms with Gasteiger partial charge in [0.2, 0.25) is 0 Å². The van der Waals surface area contributed by atoms with Crippen molar-refractivity contribution in [3.63, 3.8) is 0 Å². The molecule has 26 heavy (non-hydrogen) atoms. The number of benzene rings is 2. The van der Waals surface area contributed by atoms with E-state index in [9.17, 15) is 4.79 Å². The lowest BCUT2D eigenvalue weighted by Crippen LogP contribution is -2.32. The summed E-state index contributed by atoms with van der Waals surface area (Å²) in [5.41, 5.74) is 4.96. The van der Waals surface area contributed by atoms with E-state index in [0.29, 0.717) is 5.75 Å². The number of hydrogen-bond acceptors (Lipinski definition) is 2. The first-order valence-corrected chi connectivity index (χ1v) is 9.30. The largest absolute Gasteiger partial charge is 0.484 e. The molecule has 0 aliphatic carbocycles. The molecule has 140 valence electrons.